The Hall–Kier alpha value is -0.460. The zero-order chi connectivity index (χ0) is 10.1. The molecular weight excluding hydrogens is 158 g/mol. The van der Waals surface area contributed by atoms with Gasteiger partial charge in [0.1, 0.15) is 0 Å². The minimum atomic E-state index is 0.769. The summed E-state index contributed by atoms with van der Waals surface area (Å²) in [6.07, 6.45) is 8.40. The van der Waals surface area contributed by atoms with E-state index in [9.17, 15) is 0 Å². The van der Waals surface area contributed by atoms with Gasteiger partial charge in [-0.25, -0.2) is 0 Å². The molecule has 0 N–H and O–H groups in total. The van der Waals surface area contributed by atoms with E-state index in [1.54, 1.807) is 0 Å². The maximum Gasteiger partial charge on any atom is 0.0169 e. The van der Waals surface area contributed by atoms with Gasteiger partial charge in [-0.3, -0.25) is 0 Å². The molecule has 0 aromatic heterocycles. The molecule has 0 saturated heterocycles. The van der Waals surface area contributed by atoms with Gasteiger partial charge in [0, 0.05) is 13.1 Å². The standard InChI is InChI=1S/C12H25N/c1-5-10-13(8-4)11-9-12(6-2)7-3/h9,11-12H,5-8,10H2,1-4H3/b11-9-. The fourth-order valence-corrected chi connectivity index (χ4v) is 1.43. The van der Waals surface area contributed by atoms with Crippen LogP contribution in [-0.4, -0.2) is 18.0 Å². The quantitative estimate of drug-likeness (QED) is 0.582. The molecule has 0 aliphatic rings. The lowest BCUT2D eigenvalue weighted by molar-refractivity contribution is 0.391. The van der Waals surface area contributed by atoms with Gasteiger partial charge in [0.25, 0.3) is 0 Å². The Bertz CT molecular complexity index is 125. The Morgan fingerprint density at radius 1 is 1.08 bits per heavy atom. The third-order valence-corrected chi connectivity index (χ3v) is 2.53. The lowest BCUT2D eigenvalue weighted by Gasteiger charge is -2.18. The van der Waals surface area contributed by atoms with E-state index in [2.05, 4.69) is 44.9 Å². The van der Waals surface area contributed by atoms with Gasteiger partial charge in [0.15, 0.2) is 0 Å². The van der Waals surface area contributed by atoms with Crippen molar-refractivity contribution in [2.24, 2.45) is 5.92 Å². The predicted molar refractivity (Wildman–Crippen MR) is 60.8 cm³/mol. The zero-order valence-corrected chi connectivity index (χ0v) is 9.71. The molecule has 0 rings (SSSR count). The fourth-order valence-electron chi connectivity index (χ4n) is 1.43. The third-order valence-electron chi connectivity index (χ3n) is 2.53. The summed E-state index contributed by atoms with van der Waals surface area (Å²) >= 11 is 0. The monoisotopic (exact) mass is 183 g/mol. The predicted octanol–water partition coefficient (Wildman–Crippen LogP) is 3.67. The molecule has 1 nitrogen and oxygen atoms in total. The molecule has 0 radical (unpaired) electrons. The van der Waals surface area contributed by atoms with Crippen LogP contribution in [0.5, 0.6) is 0 Å². The Morgan fingerprint density at radius 2 is 1.69 bits per heavy atom. The molecule has 0 aliphatic carbocycles. The van der Waals surface area contributed by atoms with Gasteiger partial charge in [-0.15, -0.1) is 0 Å². The van der Waals surface area contributed by atoms with Crippen LogP contribution >= 0.6 is 0 Å². The first-order valence-electron chi connectivity index (χ1n) is 5.70. The number of nitrogens with zero attached hydrogens (tertiary/aromatic N) is 1. The largest absolute Gasteiger partial charge is 0.378 e. The Balaban J connectivity index is 3.88. The van der Waals surface area contributed by atoms with E-state index in [0.29, 0.717) is 0 Å². The van der Waals surface area contributed by atoms with Crippen LogP contribution in [0.15, 0.2) is 12.3 Å². The van der Waals surface area contributed by atoms with E-state index in [-0.39, 0.29) is 0 Å². The average molecular weight is 183 g/mol. The molecular formula is C12H25N. The second-order valence-corrected chi connectivity index (χ2v) is 3.55. The molecule has 0 aliphatic heterocycles. The number of rotatable bonds is 7. The van der Waals surface area contributed by atoms with Crippen LogP contribution in [0.2, 0.25) is 0 Å². The molecule has 1 heteroatoms. The molecule has 0 heterocycles. The molecule has 0 saturated carbocycles. The molecule has 0 bridgehead atoms. The van der Waals surface area contributed by atoms with Crippen LogP contribution in [-0.2, 0) is 0 Å². The van der Waals surface area contributed by atoms with Gasteiger partial charge in [0.05, 0.1) is 0 Å². The smallest absolute Gasteiger partial charge is 0.0169 e. The molecule has 0 spiro atoms. The lowest BCUT2D eigenvalue weighted by Crippen LogP contribution is -2.17. The van der Waals surface area contributed by atoms with Crippen molar-refractivity contribution < 1.29 is 0 Å². The van der Waals surface area contributed by atoms with Gasteiger partial charge in [0.2, 0.25) is 0 Å². The van der Waals surface area contributed by atoms with Crippen molar-refractivity contribution in [3.05, 3.63) is 12.3 Å². The van der Waals surface area contributed by atoms with E-state index < -0.39 is 0 Å². The second kappa shape index (κ2) is 8.15. The van der Waals surface area contributed by atoms with E-state index in [0.717, 1.165) is 12.5 Å². The summed E-state index contributed by atoms with van der Waals surface area (Å²) in [5.74, 6) is 0.769. The highest BCUT2D eigenvalue weighted by Gasteiger charge is 1.98. The fraction of sp³-hybridized carbons (Fsp3) is 0.833. The molecule has 0 atom stereocenters. The minimum Gasteiger partial charge on any atom is -0.378 e. The van der Waals surface area contributed by atoms with Crippen LogP contribution in [0.25, 0.3) is 0 Å². The summed E-state index contributed by atoms with van der Waals surface area (Å²) in [7, 11) is 0. The number of hydrogen-bond acceptors (Lipinski definition) is 1. The maximum atomic E-state index is 2.39. The SMILES string of the molecule is CCCN(/C=C\C(CC)CC)CC. The van der Waals surface area contributed by atoms with Crippen LogP contribution < -0.4 is 0 Å². The summed E-state index contributed by atoms with van der Waals surface area (Å²) in [6.45, 7) is 11.3. The van der Waals surface area contributed by atoms with Gasteiger partial charge in [-0.05, 0) is 38.3 Å². The summed E-state index contributed by atoms with van der Waals surface area (Å²) in [4.78, 5) is 2.39. The summed E-state index contributed by atoms with van der Waals surface area (Å²) in [5, 5.41) is 0. The first-order chi connectivity index (χ1) is 6.28. The Morgan fingerprint density at radius 3 is 2.08 bits per heavy atom. The van der Waals surface area contributed by atoms with Crippen LogP contribution in [0, 0.1) is 5.92 Å². The lowest BCUT2D eigenvalue weighted by atomic mass is 10.0. The van der Waals surface area contributed by atoms with E-state index >= 15 is 0 Å². The van der Waals surface area contributed by atoms with Gasteiger partial charge < -0.3 is 4.90 Å². The Kier molecular flexibility index (Phi) is 7.86. The van der Waals surface area contributed by atoms with Crippen LogP contribution in [0.4, 0.5) is 0 Å². The average Bonchev–Trinajstić information content (AvgIpc) is 2.17. The summed E-state index contributed by atoms with van der Waals surface area (Å²) in [6, 6.07) is 0. The highest BCUT2D eigenvalue weighted by molar-refractivity contribution is 4.87. The van der Waals surface area contributed by atoms with Crippen molar-refractivity contribution in [3.63, 3.8) is 0 Å². The minimum absolute atomic E-state index is 0.769. The maximum absolute atomic E-state index is 2.39. The van der Waals surface area contributed by atoms with Gasteiger partial charge in [-0.1, -0.05) is 26.8 Å². The molecule has 0 amide bonds. The van der Waals surface area contributed by atoms with Crippen molar-refractivity contribution in [2.75, 3.05) is 13.1 Å². The summed E-state index contributed by atoms with van der Waals surface area (Å²) < 4.78 is 0. The zero-order valence-electron chi connectivity index (χ0n) is 9.71. The second-order valence-electron chi connectivity index (χ2n) is 3.55. The van der Waals surface area contributed by atoms with E-state index in [1.165, 1.54) is 25.8 Å². The molecule has 78 valence electrons. The molecule has 0 fully saturated rings. The number of hydrogen-bond donors (Lipinski definition) is 0. The van der Waals surface area contributed by atoms with E-state index in [4.69, 9.17) is 0 Å². The molecule has 0 aromatic rings. The normalized spacial score (nSPS) is 11.5. The Labute approximate surface area is 83.8 Å². The topological polar surface area (TPSA) is 3.24 Å². The number of allylic oxidation sites excluding steroid dienone is 1. The van der Waals surface area contributed by atoms with Crippen LogP contribution in [0.1, 0.15) is 47.0 Å². The van der Waals surface area contributed by atoms with Crippen molar-refractivity contribution in [3.8, 4) is 0 Å². The van der Waals surface area contributed by atoms with Crippen molar-refractivity contribution in [1.29, 1.82) is 0 Å². The van der Waals surface area contributed by atoms with Crippen molar-refractivity contribution >= 4 is 0 Å². The van der Waals surface area contributed by atoms with Gasteiger partial charge in [-0.2, -0.15) is 0 Å². The highest BCUT2D eigenvalue weighted by atomic mass is 15.1. The summed E-state index contributed by atoms with van der Waals surface area (Å²) in [5.41, 5.74) is 0. The van der Waals surface area contributed by atoms with Crippen LogP contribution in [0.3, 0.4) is 0 Å². The van der Waals surface area contributed by atoms with Crippen molar-refractivity contribution in [2.45, 2.75) is 47.0 Å². The first kappa shape index (κ1) is 12.5. The van der Waals surface area contributed by atoms with Crippen molar-refractivity contribution in [1.82, 2.24) is 4.90 Å². The molecule has 13 heavy (non-hydrogen) atoms. The van der Waals surface area contributed by atoms with E-state index in [1.807, 2.05) is 0 Å². The third kappa shape index (κ3) is 5.73. The van der Waals surface area contributed by atoms with Gasteiger partial charge >= 0.3 is 0 Å². The highest BCUT2D eigenvalue weighted by Crippen LogP contribution is 2.09. The first-order valence-corrected chi connectivity index (χ1v) is 5.70. The molecule has 0 aromatic carbocycles. The molecule has 0 unspecified atom stereocenters.